The number of carbonyl (C=O) groups is 1. The molecule has 0 aromatic carbocycles. The van der Waals surface area contributed by atoms with Crippen molar-refractivity contribution in [2.24, 2.45) is 5.73 Å². The van der Waals surface area contributed by atoms with E-state index in [1.54, 1.807) is 0 Å². The summed E-state index contributed by atoms with van der Waals surface area (Å²) in [6, 6.07) is -0.606. The lowest BCUT2D eigenvalue weighted by molar-refractivity contribution is -0.112. The molecular weight excluding hydrogens is 134 g/mol. The van der Waals surface area contributed by atoms with Crippen LogP contribution in [0.3, 0.4) is 0 Å². The molecule has 0 aliphatic carbocycles. The fourth-order valence-electron chi connectivity index (χ4n) is 0.0718. The highest BCUT2D eigenvalue weighted by Crippen LogP contribution is 1.88. The number of rotatable bonds is 2. The first-order valence-corrected chi connectivity index (χ1v) is 2.75. The van der Waals surface area contributed by atoms with Crippen molar-refractivity contribution in [1.82, 2.24) is 0 Å². The number of thiol groups is 1. The molecule has 0 unspecified atom stereocenters. The maximum absolute atomic E-state index is 9.97. The van der Waals surface area contributed by atoms with Gasteiger partial charge in [0.15, 0.2) is 0 Å². The Morgan fingerprint density at radius 3 is 2.43 bits per heavy atom. The van der Waals surface area contributed by atoms with Crippen LogP contribution in [0.15, 0.2) is 0 Å². The molecule has 0 radical (unpaired) electrons. The summed E-state index contributed by atoms with van der Waals surface area (Å²) in [6.45, 7) is 0. The third-order valence-corrected chi connectivity index (χ3v) is 1.16. The van der Waals surface area contributed by atoms with Crippen LogP contribution in [0.5, 0.6) is 0 Å². The fraction of sp³-hybridized carbons (Fsp3) is 0.667. The van der Waals surface area contributed by atoms with Gasteiger partial charge in [-0.25, -0.2) is 0 Å². The molecule has 42 valence electrons. The quantitative estimate of drug-likeness (QED) is 0.418. The molecule has 4 heteroatoms. The first-order chi connectivity index (χ1) is 3.18. The first kappa shape index (κ1) is 7.27. The van der Waals surface area contributed by atoms with Gasteiger partial charge >= 0.3 is 0 Å². The van der Waals surface area contributed by atoms with E-state index in [-0.39, 0.29) is 0 Å². The van der Waals surface area contributed by atoms with Crippen LogP contribution in [0.4, 0.5) is 0 Å². The van der Waals surface area contributed by atoms with Crippen LogP contribution >= 0.6 is 24.2 Å². The van der Waals surface area contributed by atoms with E-state index >= 15 is 0 Å². The van der Waals surface area contributed by atoms with Gasteiger partial charge in [0.2, 0.25) is 5.24 Å². The second-order valence-electron chi connectivity index (χ2n) is 1.09. The monoisotopic (exact) mass is 139 g/mol. The van der Waals surface area contributed by atoms with E-state index in [1.807, 2.05) is 0 Å². The number of nitrogens with two attached hydrogens (primary N) is 1. The third-order valence-electron chi connectivity index (χ3n) is 0.488. The largest absolute Gasteiger partial charge is 0.320 e. The molecule has 0 fully saturated rings. The van der Waals surface area contributed by atoms with Gasteiger partial charge in [-0.15, -0.1) is 0 Å². The Hall–Kier alpha value is 0.270. The van der Waals surface area contributed by atoms with Crippen molar-refractivity contribution in [3.8, 4) is 0 Å². The lowest BCUT2D eigenvalue weighted by Gasteiger charge is -1.96. The Balaban J connectivity index is 3.34. The highest BCUT2D eigenvalue weighted by molar-refractivity contribution is 7.80. The molecule has 2 N–H and O–H groups in total. The molecule has 0 aliphatic rings. The number of hydrogen-bond donors (Lipinski definition) is 2. The summed E-state index contributed by atoms with van der Waals surface area (Å²) in [5.41, 5.74) is 5.06. The predicted octanol–water partition coefficient (Wildman–Crippen LogP) is 0.00890. The van der Waals surface area contributed by atoms with Crippen LogP contribution < -0.4 is 5.73 Å². The molecule has 0 bridgehead atoms. The second-order valence-corrected chi connectivity index (χ2v) is 1.83. The fourth-order valence-corrected chi connectivity index (χ4v) is 0.422. The van der Waals surface area contributed by atoms with E-state index in [0.717, 1.165) is 0 Å². The lowest BCUT2D eigenvalue weighted by Crippen LogP contribution is -2.28. The number of carbonyl (C=O) groups excluding carboxylic acids is 1. The molecule has 1 atom stereocenters. The average molecular weight is 140 g/mol. The highest BCUT2D eigenvalue weighted by Gasteiger charge is 2.05. The molecule has 7 heavy (non-hydrogen) atoms. The summed E-state index contributed by atoms with van der Waals surface area (Å²) in [7, 11) is 0. The van der Waals surface area contributed by atoms with E-state index in [1.165, 1.54) is 0 Å². The molecule has 0 aromatic heterocycles. The number of hydrogen-bond acceptors (Lipinski definition) is 3. The summed E-state index contributed by atoms with van der Waals surface area (Å²) in [5.74, 6) is 0.308. The normalized spacial score (nSPS) is 13.6. The van der Waals surface area contributed by atoms with Gasteiger partial charge in [-0.2, -0.15) is 12.6 Å². The lowest BCUT2D eigenvalue weighted by atomic mass is 10.4. The Morgan fingerprint density at radius 2 is 2.43 bits per heavy atom. The standard InChI is InChI=1S/C3H6ClNOS/c4-3(6)2(5)1-7/h2,7H,1,5H2/t2-/m1/s1. The summed E-state index contributed by atoms with van der Waals surface area (Å²) in [6.07, 6.45) is 0. The van der Waals surface area contributed by atoms with Crippen molar-refractivity contribution in [2.45, 2.75) is 6.04 Å². The molecule has 0 spiro atoms. The van der Waals surface area contributed by atoms with Crippen LogP contribution in [0.1, 0.15) is 0 Å². The minimum absolute atomic E-state index is 0.308. The molecule has 0 saturated heterocycles. The van der Waals surface area contributed by atoms with Crippen molar-refractivity contribution in [3.05, 3.63) is 0 Å². The summed E-state index contributed by atoms with van der Waals surface area (Å²) < 4.78 is 0. The smallest absolute Gasteiger partial charge is 0.239 e. The summed E-state index contributed by atoms with van der Waals surface area (Å²) in [4.78, 5) is 9.97. The SMILES string of the molecule is N[C@H](CS)C(=O)Cl. The molecule has 0 rings (SSSR count). The van der Waals surface area contributed by atoms with Gasteiger partial charge in [0.1, 0.15) is 0 Å². The Bertz CT molecular complexity index is 77.3. The van der Waals surface area contributed by atoms with Gasteiger partial charge in [-0.3, -0.25) is 4.79 Å². The van der Waals surface area contributed by atoms with Crippen LogP contribution in [0.25, 0.3) is 0 Å². The van der Waals surface area contributed by atoms with Crippen molar-refractivity contribution < 1.29 is 4.79 Å². The molecule has 0 saturated carbocycles. The van der Waals surface area contributed by atoms with Gasteiger partial charge in [-0.1, -0.05) is 0 Å². The van der Waals surface area contributed by atoms with E-state index in [9.17, 15) is 4.79 Å². The first-order valence-electron chi connectivity index (χ1n) is 1.74. The molecule has 0 amide bonds. The van der Waals surface area contributed by atoms with Crippen molar-refractivity contribution >= 4 is 29.5 Å². The Kier molecular flexibility index (Phi) is 3.42. The topological polar surface area (TPSA) is 43.1 Å². The van der Waals surface area contributed by atoms with E-state index < -0.39 is 11.3 Å². The minimum atomic E-state index is -0.606. The van der Waals surface area contributed by atoms with Gasteiger partial charge in [0.25, 0.3) is 0 Å². The van der Waals surface area contributed by atoms with Crippen molar-refractivity contribution in [2.75, 3.05) is 5.75 Å². The van der Waals surface area contributed by atoms with E-state index in [4.69, 9.17) is 17.3 Å². The van der Waals surface area contributed by atoms with Crippen LogP contribution in [-0.2, 0) is 4.79 Å². The summed E-state index contributed by atoms with van der Waals surface area (Å²) in [5, 5.41) is -0.532. The second kappa shape index (κ2) is 3.29. The molecule has 2 nitrogen and oxygen atoms in total. The minimum Gasteiger partial charge on any atom is -0.320 e. The zero-order valence-corrected chi connectivity index (χ0v) is 5.25. The zero-order valence-electron chi connectivity index (χ0n) is 3.60. The van der Waals surface area contributed by atoms with E-state index in [0.29, 0.717) is 5.75 Å². The summed E-state index contributed by atoms with van der Waals surface area (Å²) >= 11 is 8.64. The highest BCUT2D eigenvalue weighted by atomic mass is 35.5. The van der Waals surface area contributed by atoms with Gasteiger partial charge < -0.3 is 5.73 Å². The van der Waals surface area contributed by atoms with Crippen molar-refractivity contribution in [3.63, 3.8) is 0 Å². The maximum atomic E-state index is 9.97. The van der Waals surface area contributed by atoms with E-state index in [2.05, 4.69) is 12.6 Å². The molecule has 0 aliphatic heterocycles. The van der Waals surface area contributed by atoms with Gasteiger partial charge in [0, 0.05) is 5.75 Å². The molecular formula is C3H6ClNOS. The van der Waals surface area contributed by atoms with Crippen LogP contribution in [0, 0.1) is 0 Å². The zero-order chi connectivity index (χ0) is 5.86. The van der Waals surface area contributed by atoms with Crippen molar-refractivity contribution in [1.29, 1.82) is 0 Å². The Morgan fingerprint density at radius 1 is 2.00 bits per heavy atom. The number of halogens is 1. The van der Waals surface area contributed by atoms with Crippen LogP contribution in [-0.4, -0.2) is 17.0 Å². The molecule has 0 aromatic rings. The Labute approximate surface area is 52.4 Å². The van der Waals surface area contributed by atoms with Crippen LogP contribution in [0.2, 0.25) is 0 Å². The van der Waals surface area contributed by atoms with Gasteiger partial charge in [0.05, 0.1) is 6.04 Å². The molecule has 0 heterocycles. The van der Waals surface area contributed by atoms with Gasteiger partial charge in [-0.05, 0) is 11.6 Å². The average Bonchev–Trinajstić information content (AvgIpc) is 1.65. The maximum Gasteiger partial charge on any atom is 0.239 e. The third kappa shape index (κ3) is 2.91. The predicted molar refractivity (Wildman–Crippen MR) is 32.7 cm³/mol.